The number of nitrogens with zero attached hydrogens (tertiary/aromatic N) is 2. The zero-order valence-electron chi connectivity index (χ0n) is 12.3. The molecule has 2 rings (SSSR count). The van der Waals surface area contributed by atoms with Crippen molar-refractivity contribution in [3.63, 3.8) is 0 Å². The quantitative estimate of drug-likeness (QED) is 0.760. The molecule has 0 bridgehead atoms. The highest BCUT2D eigenvalue weighted by atomic mass is 19.1. The highest BCUT2D eigenvalue weighted by Gasteiger charge is 2.08. The van der Waals surface area contributed by atoms with Crippen LogP contribution in [-0.2, 0) is 4.74 Å². The van der Waals surface area contributed by atoms with Crippen LogP contribution < -0.4 is 10.1 Å². The SMILES string of the molecule is CCOc1ccc(-n2ccnc2NCCCOC)cc1F. The van der Waals surface area contributed by atoms with Gasteiger partial charge in [0, 0.05) is 38.7 Å². The molecule has 0 fully saturated rings. The van der Waals surface area contributed by atoms with Gasteiger partial charge < -0.3 is 14.8 Å². The van der Waals surface area contributed by atoms with Crippen molar-refractivity contribution in [2.24, 2.45) is 0 Å². The summed E-state index contributed by atoms with van der Waals surface area (Å²) < 4.78 is 25.9. The van der Waals surface area contributed by atoms with Gasteiger partial charge in [-0.2, -0.15) is 0 Å². The molecule has 0 aliphatic rings. The van der Waals surface area contributed by atoms with E-state index in [1.165, 1.54) is 6.07 Å². The summed E-state index contributed by atoms with van der Waals surface area (Å²) in [5.41, 5.74) is 0.697. The van der Waals surface area contributed by atoms with Crippen LogP contribution in [-0.4, -0.2) is 36.4 Å². The van der Waals surface area contributed by atoms with Crippen LogP contribution in [0.3, 0.4) is 0 Å². The first-order valence-electron chi connectivity index (χ1n) is 6.95. The van der Waals surface area contributed by atoms with E-state index in [1.807, 2.05) is 6.92 Å². The third-order valence-electron chi connectivity index (χ3n) is 2.94. The average Bonchev–Trinajstić information content (AvgIpc) is 2.94. The van der Waals surface area contributed by atoms with Gasteiger partial charge in [0.05, 0.1) is 12.3 Å². The van der Waals surface area contributed by atoms with Gasteiger partial charge in [0.2, 0.25) is 5.95 Å². The second-order valence-corrected chi connectivity index (χ2v) is 4.44. The van der Waals surface area contributed by atoms with Crippen LogP contribution in [0, 0.1) is 5.82 Å². The van der Waals surface area contributed by atoms with Gasteiger partial charge >= 0.3 is 0 Å². The lowest BCUT2D eigenvalue weighted by Gasteiger charge is -2.11. The Hall–Kier alpha value is -2.08. The smallest absolute Gasteiger partial charge is 0.207 e. The van der Waals surface area contributed by atoms with Gasteiger partial charge in [-0.05, 0) is 25.5 Å². The van der Waals surface area contributed by atoms with Crippen LogP contribution in [0.4, 0.5) is 10.3 Å². The molecule has 0 saturated heterocycles. The molecule has 1 aromatic carbocycles. The lowest BCUT2D eigenvalue weighted by molar-refractivity contribution is 0.197. The van der Waals surface area contributed by atoms with Crippen LogP contribution in [0.1, 0.15) is 13.3 Å². The molecule has 6 heteroatoms. The number of aromatic nitrogens is 2. The van der Waals surface area contributed by atoms with Crippen molar-refractivity contribution in [3.05, 3.63) is 36.4 Å². The summed E-state index contributed by atoms with van der Waals surface area (Å²) in [7, 11) is 1.67. The minimum absolute atomic E-state index is 0.260. The summed E-state index contributed by atoms with van der Waals surface area (Å²) >= 11 is 0. The molecule has 0 aliphatic carbocycles. The number of benzene rings is 1. The van der Waals surface area contributed by atoms with E-state index in [-0.39, 0.29) is 11.6 Å². The predicted molar refractivity (Wildman–Crippen MR) is 79.7 cm³/mol. The zero-order valence-corrected chi connectivity index (χ0v) is 12.3. The molecule has 0 unspecified atom stereocenters. The molecule has 21 heavy (non-hydrogen) atoms. The van der Waals surface area contributed by atoms with E-state index in [0.29, 0.717) is 24.8 Å². The minimum Gasteiger partial charge on any atom is -0.491 e. The minimum atomic E-state index is -0.381. The van der Waals surface area contributed by atoms with Crippen molar-refractivity contribution in [2.45, 2.75) is 13.3 Å². The monoisotopic (exact) mass is 293 g/mol. The van der Waals surface area contributed by atoms with Gasteiger partial charge in [-0.25, -0.2) is 9.37 Å². The molecule has 1 N–H and O–H groups in total. The Morgan fingerprint density at radius 1 is 1.38 bits per heavy atom. The van der Waals surface area contributed by atoms with E-state index in [1.54, 1.807) is 36.2 Å². The summed E-state index contributed by atoms with van der Waals surface area (Å²) in [6, 6.07) is 4.87. The maximum atomic E-state index is 13.9. The molecule has 0 aliphatic heterocycles. The lowest BCUT2D eigenvalue weighted by atomic mass is 10.3. The van der Waals surface area contributed by atoms with Gasteiger partial charge in [0.15, 0.2) is 11.6 Å². The number of methoxy groups -OCH3 is 1. The number of nitrogens with one attached hydrogen (secondary N) is 1. The van der Waals surface area contributed by atoms with E-state index in [0.717, 1.165) is 13.0 Å². The number of imidazole rings is 1. The van der Waals surface area contributed by atoms with Crippen LogP contribution in [0.2, 0.25) is 0 Å². The Labute approximate surface area is 123 Å². The Kier molecular flexibility index (Phi) is 5.57. The van der Waals surface area contributed by atoms with Gasteiger partial charge in [-0.1, -0.05) is 0 Å². The fourth-order valence-electron chi connectivity index (χ4n) is 1.97. The number of anilines is 1. The summed E-state index contributed by atoms with van der Waals surface area (Å²) in [5, 5.41) is 3.20. The topological polar surface area (TPSA) is 48.3 Å². The Bertz CT molecular complexity index is 572. The molecule has 1 aromatic heterocycles. The molecule has 0 saturated carbocycles. The first kappa shape index (κ1) is 15.3. The standard InChI is InChI=1S/C15H20FN3O2/c1-3-21-14-6-5-12(11-13(14)16)19-9-8-18-15(19)17-7-4-10-20-2/h5-6,8-9,11H,3-4,7,10H2,1-2H3,(H,17,18). The molecule has 5 nitrogen and oxygen atoms in total. The molecule has 0 amide bonds. The molecular formula is C15H20FN3O2. The van der Waals surface area contributed by atoms with Crippen LogP contribution in [0.15, 0.2) is 30.6 Å². The molecule has 0 spiro atoms. The van der Waals surface area contributed by atoms with E-state index in [2.05, 4.69) is 10.3 Å². The van der Waals surface area contributed by atoms with Crippen LogP contribution in [0.5, 0.6) is 5.75 Å². The van der Waals surface area contributed by atoms with Crippen molar-refractivity contribution < 1.29 is 13.9 Å². The van der Waals surface area contributed by atoms with Gasteiger partial charge in [0.25, 0.3) is 0 Å². The van der Waals surface area contributed by atoms with E-state index in [4.69, 9.17) is 9.47 Å². The Morgan fingerprint density at radius 2 is 2.24 bits per heavy atom. The maximum Gasteiger partial charge on any atom is 0.207 e. The average molecular weight is 293 g/mol. The number of halogens is 1. The van der Waals surface area contributed by atoms with Crippen molar-refractivity contribution >= 4 is 5.95 Å². The van der Waals surface area contributed by atoms with Crippen molar-refractivity contribution in [1.82, 2.24) is 9.55 Å². The predicted octanol–water partition coefficient (Wildman–Crippen LogP) is 2.86. The van der Waals surface area contributed by atoms with E-state index in [9.17, 15) is 4.39 Å². The van der Waals surface area contributed by atoms with E-state index < -0.39 is 0 Å². The molecular weight excluding hydrogens is 273 g/mol. The maximum absolute atomic E-state index is 13.9. The largest absolute Gasteiger partial charge is 0.491 e. The third-order valence-corrected chi connectivity index (χ3v) is 2.94. The first-order chi connectivity index (χ1) is 10.3. The normalized spacial score (nSPS) is 10.6. The van der Waals surface area contributed by atoms with Crippen LogP contribution >= 0.6 is 0 Å². The Morgan fingerprint density at radius 3 is 2.95 bits per heavy atom. The fraction of sp³-hybridized carbons (Fsp3) is 0.400. The number of rotatable bonds is 8. The highest BCUT2D eigenvalue weighted by Crippen LogP contribution is 2.22. The lowest BCUT2D eigenvalue weighted by Crippen LogP contribution is -2.09. The molecule has 2 aromatic rings. The molecule has 0 radical (unpaired) electrons. The van der Waals surface area contributed by atoms with Crippen molar-refractivity contribution in [3.8, 4) is 11.4 Å². The summed E-state index contributed by atoms with van der Waals surface area (Å²) in [4.78, 5) is 4.24. The van der Waals surface area contributed by atoms with Gasteiger partial charge in [0.1, 0.15) is 0 Å². The summed E-state index contributed by atoms with van der Waals surface area (Å²) in [6.45, 7) is 3.69. The molecule has 114 valence electrons. The van der Waals surface area contributed by atoms with Gasteiger partial charge in [-0.3, -0.25) is 4.57 Å². The van der Waals surface area contributed by atoms with Gasteiger partial charge in [-0.15, -0.1) is 0 Å². The van der Waals surface area contributed by atoms with E-state index >= 15 is 0 Å². The molecule has 1 heterocycles. The van der Waals surface area contributed by atoms with Crippen molar-refractivity contribution in [1.29, 1.82) is 0 Å². The van der Waals surface area contributed by atoms with Crippen LogP contribution in [0.25, 0.3) is 5.69 Å². The van der Waals surface area contributed by atoms with Crippen molar-refractivity contribution in [2.75, 3.05) is 32.2 Å². The molecule has 0 atom stereocenters. The summed E-state index contributed by atoms with van der Waals surface area (Å²) in [6.07, 6.45) is 4.34. The highest BCUT2D eigenvalue weighted by molar-refractivity contribution is 5.44. The zero-order chi connectivity index (χ0) is 15.1. The second kappa shape index (κ2) is 7.64. The first-order valence-corrected chi connectivity index (χ1v) is 6.95. The third kappa shape index (κ3) is 3.95. The number of ether oxygens (including phenoxy) is 2. The number of hydrogen-bond acceptors (Lipinski definition) is 4. The fourth-order valence-corrected chi connectivity index (χ4v) is 1.97. The second-order valence-electron chi connectivity index (χ2n) is 4.44. The summed E-state index contributed by atoms with van der Waals surface area (Å²) in [5.74, 6) is 0.555. The Balaban J connectivity index is 2.11. The number of hydrogen-bond donors (Lipinski definition) is 1.